The third kappa shape index (κ3) is 2.91. The second-order valence-corrected chi connectivity index (χ2v) is 7.58. The maximum absolute atomic E-state index is 12.8. The van der Waals surface area contributed by atoms with E-state index in [0.29, 0.717) is 24.1 Å². The van der Waals surface area contributed by atoms with Gasteiger partial charge in [-0.3, -0.25) is 4.79 Å². The lowest BCUT2D eigenvalue weighted by Gasteiger charge is -2.29. The van der Waals surface area contributed by atoms with Gasteiger partial charge in [-0.05, 0) is 56.3 Å². The van der Waals surface area contributed by atoms with E-state index in [2.05, 4.69) is 5.16 Å². The molecule has 1 amide bonds. The zero-order valence-corrected chi connectivity index (χ0v) is 13.9. The van der Waals surface area contributed by atoms with E-state index in [9.17, 15) is 4.79 Å². The molecule has 126 valence electrons. The standard InChI is InChI=1S/C18H26N2O3/c1-22-11-16-10-17(19-23-16)18(21)20-6-2-3-15(20)9-14-8-12-4-5-13(14)7-12/h10,12-15H,2-9,11H2,1H3/t12-,13-,14-,15-/m0/s1. The van der Waals surface area contributed by atoms with Gasteiger partial charge in [0.2, 0.25) is 0 Å². The van der Waals surface area contributed by atoms with Gasteiger partial charge in [0.25, 0.3) is 5.91 Å². The van der Waals surface area contributed by atoms with Gasteiger partial charge in [0.1, 0.15) is 6.61 Å². The Hall–Kier alpha value is -1.36. The highest BCUT2D eigenvalue weighted by Crippen LogP contribution is 2.50. The monoisotopic (exact) mass is 318 g/mol. The molecule has 0 N–H and O–H groups in total. The zero-order valence-electron chi connectivity index (χ0n) is 13.9. The smallest absolute Gasteiger partial charge is 0.276 e. The molecule has 3 fully saturated rings. The van der Waals surface area contributed by atoms with E-state index in [0.717, 1.165) is 37.1 Å². The molecule has 23 heavy (non-hydrogen) atoms. The Morgan fingerprint density at radius 3 is 3.04 bits per heavy atom. The van der Waals surface area contributed by atoms with Gasteiger partial charge in [0.05, 0.1) is 0 Å². The summed E-state index contributed by atoms with van der Waals surface area (Å²) in [5.41, 5.74) is 0.428. The highest BCUT2D eigenvalue weighted by molar-refractivity contribution is 5.92. The molecule has 1 aromatic heterocycles. The summed E-state index contributed by atoms with van der Waals surface area (Å²) in [6, 6.07) is 2.12. The number of rotatable bonds is 5. The lowest BCUT2D eigenvalue weighted by molar-refractivity contribution is 0.0696. The summed E-state index contributed by atoms with van der Waals surface area (Å²) in [5.74, 6) is 3.38. The van der Waals surface area contributed by atoms with Gasteiger partial charge in [-0.15, -0.1) is 0 Å². The van der Waals surface area contributed by atoms with Crippen LogP contribution >= 0.6 is 0 Å². The van der Waals surface area contributed by atoms with Gasteiger partial charge in [0, 0.05) is 25.8 Å². The van der Waals surface area contributed by atoms with Crippen LogP contribution in [0, 0.1) is 17.8 Å². The fraction of sp³-hybridized carbons (Fsp3) is 0.778. The first kappa shape index (κ1) is 15.2. The Labute approximate surface area is 137 Å². The highest BCUT2D eigenvalue weighted by atomic mass is 16.5. The van der Waals surface area contributed by atoms with Crippen molar-refractivity contribution in [1.29, 1.82) is 0 Å². The SMILES string of the molecule is COCc1cc(C(=O)N2CCC[C@H]2C[C@@H]2C[C@H]3CC[C@H]2C3)no1. The summed E-state index contributed by atoms with van der Waals surface area (Å²) in [6.45, 7) is 1.21. The number of carbonyl (C=O) groups excluding carboxylic acids is 1. The Bertz CT molecular complexity index is 570. The average molecular weight is 318 g/mol. The van der Waals surface area contributed by atoms with Gasteiger partial charge in [-0.1, -0.05) is 11.6 Å². The van der Waals surface area contributed by atoms with Crippen LogP contribution in [0.3, 0.4) is 0 Å². The number of methoxy groups -OCH3 is 1. The Kier molecular flexibility index (Phi) is 4.14. The van der Waals surface area contributed by atoms with Crippen molar-refractivity contribution >= 4 is 5.91 Å². The van der Waals surface area contributed by atoms with Crippen molar-refractivity contribution in [2.75, 3.05) is 13.7 Å². The first-order chi connectivity index (χ1) is 11.2. The summed E-state index contributed by atoms with van der Waals surface area (Å²) >= 11 is 0. The largest absolute Gasteiger partial charge is 0.377 e. The first-order valence-electron chi connectivity index (χ1n) is 9.00. The van der Waals surface area contributed by atoms with Gasteiger partial charge >= 0.3 is 0 Å². The lowest BCUT2D eigenvalue weighted by atomic mass is 9.83. The number of amides is 1. The molecule has 5 nitrogen and oxygen atoms in total. The van der Waals surface area contributed by atoms with Crippen LogP contribution in [0.2, 0.25) is 0 Å². The van der Waals surface area contributed by atoms with E-state index >= 15 is 0 Å². The van der Waals surface area contributed by atoms with Crippen LogP contribution in [0.15, 0.2) is 10.6 Å². The molecule has 0 radical (unpaired) electrons. The molecule has 2 heterocycles. The minimum atomic E-state index is 0.0294. The van der Waals surface area contributed by atoms with Crippen molar-refractivity contribution in [2.45, 2.75) is 57.6 Å². The van der Waals surface area contributed by atoms with Crippen LogP contribution < -0.4 is 0 Å². The second-order valence-electron chi connectivity index (χ2n) is 7.58. The molecule has 4 rings (SSSR count). The normalized spacial score (nSPS) is 32.8. The molecule has 2 aliphatic carbocycles. The molecule has 0 aromatic carbocycles. The number of carbonyl (C=O) groups is 1. The number of nitrogens with zero attached hydrogens (tertiary/aromatic N) is 2. The minimum Gasteiger partial charge on any atom is -0.377 e. The molecular weight excluding hydrogens is 292 g/mol. The lowest BCUT2D eigenvalue weighted by Crippen LogP contribution is -2.37. The van der Waals surface area contributed by atoms with Gasteiger partial charge in [0.15, 0.2) is 11.5 Å². The fourth-order valence-electron chi connectivity index (χ4n) is 5.13. The van der Waals surface area contributed by atoms with E-state index in [1.165, 1.54) is 32.1 Å². The molecule has 0 unspecified atom stereocenters. The van der Waals surface area contributed by atoms with Gasteiger partial charge in [-0.2, -0.15) is 0 Å². The number of fused-ring (bicyclic) bond motifs is 2. The molecule has 1 aromatic rings. The second kappa shape index (κ2) is 6.27. The van der Waals surface area contributed by atoms with Crippen molar-refractivity contribution < 1.29 is 14.1 Å². The molecule has 4 atom stereocenters. The van der Waals surface area contributed by atoms with Crippen LogP contribution in [0.25, 0.3) is 0 Å². The molecule has 3 aliphatic rings. The number of likely N-dealkylation sites (tertiary alicyclic amines) is 1. The first-order valence-corrected chi connectivity index (χ1v) is 9.00. The average Bonchev–Trinajstić information content (AvgIpc) is 3.31. The third-order valence-corrected chi connectivity index (χ3v) is 6.16. The van der Waals surface area contributed by atoms with Crippen LogP contribution in [-0.2, 0) is 11.3 Å². The number of aromatic nitrogens is 1. The Morgan fingerprint density at radius 1 is 1.39 bits per heavy atom. The van der Waals surface area contributed by atoms with E-state index in [1.54, 1.807) is 13.2 Å². The van der Waals surface area contributed by atoms with Crippen molar-refractivity contribution in [3.63, 3.8) is 0 Å². The maximum Gasteiger partial charge on any atom is 0.276 e. The summed E-state index contributed by atoms with van der Waals surface area (Å²) in [6.07, 6.45) is 9.13. The predicted molar refractivity (Wildman–Crippen MR) is 84.8 cm³/mol. The molecule has 1 saturated heterocycles. The quantitative estimate of drug-likeness (QED) is 0.836. The van der Waals surface area contributed by atoms with Crippen LogP contribution in [0.4, 0.5) is 0 Å². The molecule has 0 spiro atoms. The van der Waals surface area contributed by atoms with Crippen molar-refractivity contribution in [1.82, 2.24) is 10.1 Å². The molecule has 1 aliphatic heterocycles. The fourth-order valence-corrected chi connectivity index (χ4v) is 5.13. The molecular formula is C18H26N2O3. The van der Waals surface area contributed by atoms with Gasteiger partial charge in [-0.25, -0.2) is 0 Å². The maximum atomic E-state index is 12.8. The summed E-state index contributed by atoms with van der Waals surface area (Å²) < 4.78 is 10.2. The number of ether oxygens (including phenoxy) is 1. The Balaban J connectivity index is 1.41. The summed E-state index contributed by atoms with van der Waals surface area (Å²) in [7, 11) is 1.61. The highest BCUT2D eigenvalue weighted by Gasteiger charge is 2.42. The van der Waals surface area contributed by atoms with Gasteiger partial charge < -0.3 is 14.2 Å². The van der Waals surface area contributed by atoms with E-state index < -0.39 is 0 Å². The van der Waals surface area contributed by atoms with Crippen LogP contribution in [0.1, 0.15) is 61.2 Å². The zero-order chi connectivity index (χ0) is 15.8. The topological polar surface area (TPSA) is 55.6 Å². The summed E-state index contributed by atoms with van der Waals surface area (Å²) in [5, 5.41) is 3.94. The van der Waals surface area contributed by atoms with Crippen molar-refractivity contribution in [3.05, 3.63) is 17.5 Å². The molecule has 2 saturated carbocycles. The minimum absolute atomic E-state index is 0.0294. The van der Waals surface area contributed by atoms with Crippen LogP contribution in [-0.4, -0.2) is 35.7 Å². The van der Waals surface area contributed by atoms with E-state index in [-0.39, 0.29) is 5.91 Å². The molecule has 5 heteroatoms. The van der Waals surface area contributed by atoms with Crippen LogP contribution in [0.5, 0.6) is 0 Å². The molecule has 2 bridgehead atoms. The third-order valence-electron chi connectivity index (χ3n) is 6.16. The summed E-state index contributed by atoms with van der Waals surface area (Å²) in [4.78, 5) is 14.8. The Morgan fingerprint density at radius 2 is 2.30 bits per heavy atom. The predicted octanol–water partition coefficient (Wildman–Crippen LogP) is 3.25. The van der Waals surface area contributed by atoms with E-state index in [1.807, 2.05) is 4.90 Å². The number of hydrogen-bond donors (Lipinski definition) is 0. The van der Waals surface area contributed by atoms with E-state index in [4.69, 9.17) is 9.26 Å². The van der Waals surface area contributed by atoms with Crippen molar-refractivity contribution in [2.24, 2.45) is 17.8 Å². The van der Waals surface area contributed by atoms with Crippen molar-refractivity contribution in [3.8, 4) is 0 Å². The number of hydrogen-bond acceptors (Lipinski definition) is 4.